The molecule has 1 aliphatic rings. The summed E-state index contributed by atoms with van der Waals surface area (Å²) in [5.41, 5.74) is 3.83. The molecular weight excluding hydrogens is 238 g/mol. The third-order valence-corrected chi connectivity index (χ3v) is 3.10. The molecule has 0 radical (unpaired) electrons. The number of hydrogen-bond acceptors (Lipinski definition) is 3. The Labute approximate surface area is 105 Å². The van der Waals surface area contributed by atoms with Crippen LogP contribution in [-0.2, 0) is 9.59 Å². The Morgan fingerprint density at radius 2 is 1.89 bits per heavy atom. The van der Waals surface area contributed by atoms with Gasteiger partial charge in [0.15, 0.2) is 0 Å². The van der Waals surface area contributed by atoms with Crippen molar-refractivity contribution in [2.75, 3.05) is 0 Å². The van der Waals surface area contributed by atoms with E-state index >= 15 is 0 Å². The van der Waals surface area contributed by atoms with Gasteiger partial charge < -0.3 is 21.5 Å². The minimum atomic E-state index is -1.17. The standard InChI is InChI=1S/C11H19N3O4/c1-7(6-8(12)15)13-10(18)14-11(9(16)17)4-2-3-5-11/h7H,2-6H2,1H3,(H2,12,15)(H,16,17)(H2,13,14,18). The van der Waals surface area contributed by atoms with Crippen molar-refractivity contribution in [3.63, 3.8) is 0 Å². The maximum absolute atomic E-state index is 11.7. The number of carbonyl (C=O) groups excluding carboxylic acids is 2. The number of primary amides is 1. The zero-order valence-electron chi connectivity index (χ0n) is 10.4. The second-order valence-corrected chi connectivity index (χ2v) is 4.76. The van der Waals surface area contributed by atoms with Crippen molar-refractivity contribution in [1.82, 2.24) is 10.6 Å². The van der Waals surface area contributed by atoms with E-state index in [-0.39, 0.29) is 6.42 Å². The van der Waals surface area contributed by atoms with E-state index in [1.54, 1.807) is 6.92 Å². The van der Waals surface area contributed by atoms with E-state index in [0.29, 0.717) is 12.8 Å². The van der Waals surface area contributed by atoms with Crippen LogP contribution in [0.1, 0.15) is 39.0 Å². The summed E-state index contributed by atoms with van der Waals surface area (Å²) in [6, 6.07) is -0.997. The highest BCUT2D eigenvalue weighted by atomic mass is 16.4. The summed E-state index contributed by atoms with van der Waals surface area (Å²) in [5, 5.41) is 14.2. The highest BCUT2D eigenvalue weighted by Gasteiger charge is 2.42. The van der Waals surface area contributed by atoms with Gasteiger partial charge >= 0.3 is 12.0 Å². The van der Waals surface area contributed by atoms with Gasteiger partial charge in [-0.3, -0.25) is 4.79 Å². The van der Waals surface area contributed by atoms with Gasteiger partial charge in [-0.05, 0) is 19.8 Å². The van der Waals surface area contributed by atoms with Crippen LogP contribution in [0.3, 0.4) is 0 Å². The fourth-order valence-corrected chi connectivity index (χ4v) is 2.20. The van der Waals surface area contributed by atoms with Crippen LogP contribution < -0.4 is 16.4 Å². The van der Waals surface area contributed by atoms with Crippen LogP contribution in [0.25, 0.3) is 0 Å². The second-order valence-electron chi connectivity index (χ2n) is 4.76. The number of urea groups is 1. The summed E-state index contributed by atoms with van der Waals surface area (Å²) in [4.78, 5) is 33.5. The summed E-state index contributed by atoms with van der Waals surface area (Å²) < 4.78 is 0. The Morgan fingerprint density at radius 3 is 2.33 bits per heavy atom. The molecule has 0 bridgehead atoms. The van der Waals surface area contributed by atoms with E-state index in [2.05, 4.69) is 10.6 Å². The molecular formula is C11H19N3O4. The van der Waals surface area contributed by atoms with Crippen molar-refractivity contribution in [3.05, 3.63) is 0 Å². The molecule has 1 fully saturated rings. The number of nitrogens with one attached hydrogen (secondary N) is 2. The maximum Gasteiger partial charge on any atom is 0.329 e. The first-order valence-electron chi connectivity index (χ1n) is 5.96. The number of hydrogen-bond donors (Lipinski definition) is 4. The summed E-state index contributed by atoms with van der Waals surface area (Å²) in [6.07, 6.45) is 2.44. The minimum absolute atomic E-state index is 0.0213. The lowest BCUT2D eigenvalue weighted by Crippen LogP contribution is -2.56. The number of carbonyl (C=O) groups is 3. The first-order chi connectivity index (χ1) is 8.35. The average molecular weight is 257 g/mol. The SMILES string of the molecule is CC(CC(N)=O)NC(=O)NC1(C(=O)O)CCCC1. The lowest BCUT2D eigenvalue weighted by Gasteiger charge is -2.26. The van der Waals surface area contributed by atoms with Gasteiger partial charge in [0, 0.05) is 12.5 Å². The van der Waals surface area contributed by atoms with E-state index in [1.165, 1.54) is 0 Å². The molecule has 1 rings (SSSR count). The van der Waals surface area contributed by atoms with Crippen molar-refractivity contribution in [1.29, 1.82) is 0 Å². The zero-order chi connectivity index (χ0) is 13.8. The number of rotatable bonds is 5. The van der Waals surface area contributed by atoms with Gasteiger partial charge in [-0.25, -0.2) is 9.59 Å². The van der Waals surface area contributed by atoms with Crippen molar-refractivity contribution in [3.8, 4) is 0 Å². The molecule has 18 heavy (non-hydrogen) atoms. The number of nitrogens with two attached hydrogens (primary N) is 1. The fourth-order valence-electron chi connectivity index (χ4n) is 2.20. The fraction of sp³-hybridized carbons (Fsp3) is 0.727. The Hall–Kier alpha value is -1.79. The summed E-state index contributed by atoms with van der Waals surface area (Å²) in [7, 11) is 0. The van der Waals surface area contributed by atoms with Crippen LogP contribution in [0.4, 0.5) is 4.79 Å². The molecule has 3 amide bonds. The van der Waals surface area contributed by atoms with Gasteiger partial charge in [0.2, 0.25) is 5.91 Å². The predicted molar refractivity (Wildman–Crippen MR) is 63.8 cm³/mol. The van der Waals surface area contributed by atoms with E-state index in [0.717, 1.165) is 12.8 Å². The Morgan fingerprint density at radius 1 is 1.33 bits per heavy atom. The van der Waals surface area contributed by atoms with E-state index in [9.17, 15) is 19.5 Å². The number of amides is 3. The first-order valence-corrected chi connectivity index (χ1v) is 5.96. The van der Waals surface area contributed by atoms with E-state index in [1.807, 2.05) is 0 Å². The summed E-state index contributed by atoms with van der Waals surface area (Å²) in [6.45, 7) is 1.63. The average Bonchev–Trinajstić information content (AvgIpc) is 2.65. The molecule has 7 nitrogen and oxygen atoms in total. The Balaban J connectivity index is 2.52. The lowest BCUT2D eigenvalue weighted by atomic mass is 9.98. The maximum atomic E-state index is 11.7. The molecule has 1 aliphatic carbocycles. The zero-order valence-corrected chi connectivity index (χ0v) is 10.4. The van der Waals surface area contributed by atoms with Crippen molar-refractivity contribution < 1.29 is 19.5 Å². The second kappa shape index (κ2) is 5.70. The van der Waals surface area contributed by atoms with Gasteiger partial charge in [-0.15, -0.1) is 0 Å². The third kappa shape index (κ3) is 3.61. The predicted octanol–water partition coefficient (Wildman–Crippen LogP) is -0.0531. The molecule has 0 aromatic heterocycles. The van der Waals surface area contributed by atoms with Crippen LogP contribution in [-0.4, -0.2) is 34.6 Å². The van der Waals surface area contributed by atoms with Crippen LogP contribution in [0.2, 0.25) is 0 Å². The first kappa shape index (κ1) is 14.3. The molecule has 102 valence electrons. The summed E-state index contributed by atoms with van der Waals surface area (Å²) in [5.74, 6) is -1.53. The molecule has 0 saturated heterocycles. The number of aliphatic carboxylic acids is 1. The van der Waals surface area contributed by atoms with Gasteiger partial charge in [-0.1, -0.05) is 12.8 Å². The molecule has 1 atom stereocenters. The molecule has 7 heteroatoms. The monoisotopic (exact) mass is 257 g/mol. The van der Waals surface area contributed by atoms with Gasteiger partial charge in [0.1, 0.15) is 5.54 Å². The van der Waals surface area contributed by atoms with Crippen LogP contribution in [0.15, 0.2) is 0 Å². The summed E-state index contributed by atoms with van der Waals surface area (Å²) >= 11 is 0. The largest absolute Gasteiger partial charge is 0.480 e. The molecule has 1 unspecified atom stereocenters. The van der Waals surface area contributed by atoms with E-state index < -0.39 is 29.5 Å². The number of carboxylic acid groups (broad SMARTS) is 1. The van der Waals surface area contributed by atoms with Gasteiger partial charge in [0.05, 0.1) is 0 Å². The number of carboxylic acids is 1. The van der Waals surface area contributed by atoms with Gasteiger partial charge in [-0.2, -0.15) is 0 Å². The quantitative estimate of drug-likeness (QED) is 0.551. The molecule has 1 saturated carbocycles. The molecule has 0 aromatic rings. The third-order valence-electron chi connectivity index (χ3n) is 3.10. The normalized spacial score (nSPS) is 18.9. The van der Waals surface area contributed by atoms with Crippen LogP contribution >= 0.6 is 0 Å². The molecule has 5 N–H and O–H groups in total. The molecule has 0 aliphatic heterocycles. The topological polar surface area (TPSA) is 122 Å². The molecule has 0 spiro atoms. The van der Waals surface area contributed by atoms with Crippen molar-refractivity contribution in [2.24, 2.45) is 5.73 Å². The minimum Gasteiger partial charge on any atom is -0.480 e. The van der Waals surface area contributed by atoms with Crippen molar-refractivity contribution in [2.45, 2.75) is 50.6 Å². The molecule has 0 heterocycles. The Kier molecular flexibility index (Phi) is 4.52. The lowest BCUT2D eigenvalue weighted by molar-refractivity contribution is -0.144. The van der Waals surface area contributed by atoms with Crippen LogP contribution in [0.5, 0.6) is 0 Å². The van der Waals surface area contributed by atoms with Gasteiger partial charge in [0.25, 0.3) is 0 Å². The Bertz CT molecular complexity index is 350. The van der Waals surface area contributed by atoms with Crippen LogP contribution in [0, 0.1) is 0 Å². The highest BCUT2D eigenvalue weighted by Crippen LogP contribution is 2.29. The van der Waals surface area contributed by atoms with E-state index in [4.69, 9.17) is 5.73 Å². The smallest absolute Gasteiger partial charge is 0.329 e. The van der Waals surface area contributed by atoms with Crippen molar-refractivity contribution >= 4 is 17.9 Å². The highest BCUT2D eigenvalue weighted by molar-refractivity contribution is 5.87. The molecule has 0 aromatic carbocycles.